The van der Waals surface area contributed by atoms with Crippen molar-refractivity contribution in [3.8, 4) is 0 Å². The normalized spacial score (nSPS) is 22.4. The second-order valence-electron chi connectivity index (χ2n) is 3.67. The average Bonchev–Trinajstić information content (AvgIpc) is 2.09. The molecule has 0 radical (unpaired) electrons. The average molecular weight is 209 g/mol. The maximum Gasteiger partial charge on any atom is 0.0908 e. The second-order valence-corrected chi connectivity index (χ2v) is 3.98. The summed E-state index contributed by atoms with van der Waals surface area (Å²) in [5.74, 6) is 0.232. The number of aliphatic hydroxyl groups excluding tert-OH is 1. The summed E-state index contributed by atoms with van der Waals surface area (Å²) in [5, 5.41) is 9.13. The van der Waals surface area contributed by atoms with Crippen molar-refractivity contribution >= 4 is 11.6 Å². The van der Waals surface area contributed by atoms with Crippen LogP contribution in [0.4, 0.5) is 0 Å². The first-order valence-corrected chi connectivity index (χ1v) is 5.15. The number of hydrogen-bond donors (Lipinski definition) is 1. The predicted octanol–water partition coefficient (Wildman–Crippen LogP) is 1.03. The van der Waals surface area contributed by atoms with Crippen molar-refractivity contribution in [1.29, 1.82) is 0 Å². The summed E-state index contributed by atoms with van der Waals surface area (Å²) >= 11 is 5.43. The molecule has 1 rings (SSSR count). The smallest absolute Gasteiger partial charge is 0.0908 e. The molecule has 0 aromatic rings. The zero-order chi connectivity index (χ0) is 9.73. The summed E-state index contributed by atoms with van der Waals surface area (Å²) in [7, 11) is 0. The van der Waals surface area contributed by atoms with Gasteiger partial charge in [-0.15, -0.1) is 11.6 Å². The van der Waals surface area contributed by atoms with E-state index in [9.17, 15) is 0 Å². The van der Waals surface area contributed by atoms with Crippen molar-refractivity contribution in [2.75, 3.05) is 32.3 Å². The van der Waals surface area contributed by atoms with Crippen LogP contribution in [0, 0.1) is 5.41 Å². The van der Waals surface area contributed by atoms with Crippen LogP contribution in [0.25, 0.3) is 0 Å². The van der Waals surface area contributed by atoms with Gasteiger partial charge in [-0.05, 0) is 6.42 Å². The quantitative estimate of drug-likeness (QED) is 0.663. The van der Waals surface area contributed by atoms with E-state index in [1.54, 1.807) is 0 Å². The predicted molar refractivity (Wildman–Crippen MR) is 51.1 cm³/mol. The van der Waals surface area contributed by atoms with Crippen LogP contribution >= 0.6 is 11.6 Å². The molecule has 1 heterocycles. The van der Waals surface area contributed by atoms with E-state index in [4.69, 9.17) is 26.2 Å². The molecule has 78 valence electrons. The number of halogens is 1. The SMILES string of the molecule is CCC1(COCC(O)CCl)COC1. The molecule has 4 heteroatoms. The molecule has 1 aliphatic heterocycles. The fourth-order valence-electron chi connectivity index (χ4n) is 1.24. The third-order valence-electron chi connectivity index (χ3n) is 2.46. The van der Waals surface area contributed by atoms with Gasteiger partial charge in [-0.1, -0.05) is 6.92 Å². The van der Waals surface area contributed by atoms with E-state index in [-0.39, 0.29) is 11.3 Å². The minimum Gasteiger partial charge on any atom is -0.389 e. The Morgan fingerprint density at radius 3 is 2.69 bits per heavy atom. The summed E-state index contributed by atoms with van der Waals surface area (Å²) in [4.78, 5) is 0. The third-order valence-corrected chi connectivity index (χ3v) is 2.82. The van der Waals surface area contributed by atoms with Crippen LogP contribution < -0.4 is 0 Å². The molecule has 1 atom stereocenters. The first-order chi connectivity index (χ1) is 6.22. The topological polar surface area (TPSA) is 38.7 Å². The molecular formula is C9H17ClO3. The van der Waals surface area contributed by atoms with Gasteiger partial charge in [0.05, 0.1) is 38.4 Å². The highest BCUT2D eigenvalue weighted by molar-refractivity contribution is 6.18. The fraction of sp³-hybridized carbons (Fsp3) is 1.00. The largest absolute Gasteiger partial charge is 0.389 e. The number of ether oxygens (including phenoxy) is 2. The molecule has 0 spiro atoms. The van der Waals surface area contributed by atoms with E-state index in [1.165, 1.54) is 0 Å². The molecule has 1 saturated heterocycles. The molecular weight excluding hydrogens is 192 g/mol. The minimum absolute atomic E-state index is 0.200. The maximum absolute atomic E-state index is 9.13. The number of rotatable bonds is 6. The molecule has 0 aliphatic carbocycles. The van der Waals surface area contributed by atoms with Crippen molar-refractivity contribution in [1.82, 2.24) is 0 Å². The number of aliphatic hydroxyl groups is 1. The van der Waals surface area contributed by atoms with Gasteiger partial charge < -0.3 is 14.6 Å². The van der Waals surface area contributed by atoms with Gasteiger partial charge in [0.1, 0.15) is 0 Å². The van der Waals surface area contributed by atoms with Crippen LogP contribution in [-0.2, 0) is 9.47 Å². The van der Waals surface area contributed by atoms with Crippen molar-refractivity contribution in [2.45, 2.75) is 19.4 Å². The van der Waals surface area contributed by atoms with E-state index in [2.05, 4.69) is 6.92 Å². The lowest BCUT2D eigenvalue weighted by Gasteiger charge is -2.40. The van der Waals surface area contributed by atoms with E-state index in [0.717, 1.165) is 19.6 Å². The Morgan fingerprint density at radius 1 is 1.62 bits per heavy atom. The Hall–Kier alpha value is 0.170. The van der Waals surface area contributed by atoms with Gasteiger partial charge in [0.15, 0.2) is 0 Å². The summed E-state index contributed by atoms with van der Waals surface area (Å²) in [6.45, 7) is 4.67. The van der Waals surface area contributed by atoms with Crippen LogP contribution in [0.2, 0.25) is 0 Å². The molecule has 1 aliphatic rings. The third kappa shape index (κ3) is 3.09. The lowest BCUT2D eigenvalue weighted by molar-refractivity contribution is -0.154. The molecule has 0 amide bonds. The summed E-state index contributed by atoms with van der Waals surface area (Å²) in [5.41, 5.74) is 0.200. The Morgan fingerprint density at radius 2 is 2.31 bits per heavy atom. The highest BCUT2D eigenvalue weighted by atomic mass is 35.5. The highest BCUT2D eigenvalue weighted by Gasteiger charge is 2.37. The zero-order valence-electron chi connectivity index (χ0n) is 7.96. The van der Waals surface area contributed by atoms with Gasteiger partial charge in [0.25, 0.3) is 0 Å². The summed E-state index contributed by atoms with van der Waals surface area (Å²) in [6, 6.07) is 0. The highest BCUT2D eigenvalue weighted by Crippen LogP contribution is 2.31. The van der Waals surface area contributed by atoms with Crippen molar-refractivity contribution in [3.63, 3.8) is 0 Å². The van der Waals surface area contributed by atoms with Crippen molar-refractivity contribution < 1.29 is 14.6 Å². The fourth-order valence-corrected chi connectivity index (χ4v) is 1.33. The van der Waals surface area contributed by atoms with Crippen LogP contribution in [0.15, 0.2) is 0 Å². The lowest BCUT2D eigenvalue weighted by Crippen LogP contribution is -2.46. The zero-order valence-corrected chi connectivity index (χ0v) is 8.72. The number of alkyl halides is 1. The van der Waals surface area contributed by atoms with E-state index in [1.807, 2.05) is 0 Å². The van der Waals surface area contributed by atoms with E-state index < -0.39 is 6.10 Å². The standard InChI is InChI=1S/C9H17ClO3/c1-2-9(6-13-7-9)5-12-4-8(11)3-10/h8,11H,2-7H2,1H3. The van der Waals surface area contributed by atoms with Gasteiger partial charge in [0, 0.05) is 5.41 Å². The molecule has 0 aromatic carbocycles. The molecule has 1 fully saturated rings. The molecule has 1 N–H and O–H groups in total. The Bertz CT molecular complexity index is 142. The van der Waals surface area contributed by atoms with Crippen LogP contribution in [0.5, 0.6) is 0 Å². The van der Waals surface area contributed by atoms with Crippen LogP contribution in [0.3, 0.4) is 0 Å². The molecule has 1 unspecified atom stereocenters. The summed E-state index contributed by atoms with van der Waals surface area (Å²) < 4.78 is 10.5. The second kappa shape index (κ2) is 5.15. The molecule has 0 bridgehead atoms. The molecule has 0 saturated carbocycles. The molecule has 3 nitrogen and oxygen atoms in total. The first kappa shape index (κ1) is 11.2. The lowest BCUT2D eigenvalue weighted by atomic mass is 9.84. The van der Waals surface area contributed by atoms with Crippen LogP contribution in [0.1, 0.15) is 13.3 Å². The number of hydrogen-bond acceptors (Lipinski definition) is 3. The Labute approximate surface area is 84.0 Å². The monoisotopic (exact) mass is 208 g/mol. The van der Waals surface area contributed by atoms with E-state index in [0.29, 0.717) is 13.2 Å². The maximum atomic E-state index is 9.13. The van der Waals surface area contributed by atoms with Crippen molar-refractivity contribution in [3.05, 3.63) is 0 Å². The van der Waals surface area contributed by atoms with Gasteiger partial charge in [-0.2, -0.15) is 0 Å². The summed E-state index contributed by atoms with van der Waals surface area (Å²) in [6.07, 6.45) is 0.515. The Kier molecular flexibility index (Phi) is 4.46. The van der Waals surface area contributed by atoms with Crippen LogP contribution in [-0.4, -0.2) is 43.5 Å². The van der Waals surface area contributed by atoms with Gasteiger partial charge >= 0.3 is 0 Å². The first-order valence-electron chi connectivity index (χ1n) is 4.62. The molecule has 13 heavy (non-hydrogen) atoms. The minimum atomic E-state index is -0.545. The molecule has 0 aromatic heterocycles. The van der Waals surface area contributed by atoms with E-state index >= 15 is 0 Å². The van der Waals surface area contributed by atoms with Gasteiger partial charge in [-0.3, -0.25) is 0 Å². The van der Waals surface area contributed by atoms with Crippen molar-refractivity contribution in [2.24, 2.45) is 5.41 Å². The van der Waals surface area contributed by atoms with Gasteiger partial charge in [0.2, 0.25) is 0 Å². The Balaban J connectivity index is 2.10. The van der Waals surface area contributed by atoms with Gasteiger partial charge in [-0.25, -0.2) is 0 Å².